The number of nitrogens with zero attached hydrogens (tertiary/aromatic N) is 5. The van der Waals surface area contributed by atoms with Gasteiger partial charge >= 0.3 is 5.97 Å². The SMILES string of the molecule is CCOC(=O)c1cncc(-c2cnc(Nc3ccc(F)c(Cl)c3)nc2NCc2cnc(C)cn2)c1. The van der Waals surface area contributed by atoms with Crippen LogP contribution in [0.1, 0.15) is 28.7 Å². The second kappa shape index (κ2) is 10.8. The van der Waals surface area contributed by atoms with Crippen molar-refractivity contribution in [2.75, 3.05) is 17.2 Å². The van der Waals surface area contributed by atoms with Gasteiger partial charge in [0, 0.05) is 41.6 Å². The highest BCUT2D eigenvalue weighted by molar-refractivity contribution is 6.31. The fourth-order valence-electron chi connectivity index (χ4n) is 3.09. The molecule has 4 aromatic rings. The number of ether oxygens (including phenoxy) is 1. The Balaban J connectivity index is 1.67. The number of nitrogens with one attached hydrogen (secondary N) is 2. The van der Waals surface area contributed by atoms with Crippen molar-refractivity contribution >= 4 is 35.0 Å². The Labute approximate surface area is 205 Å². The summed E-state index contributed by atoms with van der Waals surface area (Å²) in [6.45, 7) is 4.18. The lowest BCUT2D eigenvalue weighted by Crippen LogP contribution is -2.09. The molecule has 0 saturated carbocycles. The van der Waals surface area contributed by atoms with Crippen LogP contribution in [0.3, 0.4) is 0 Å². The number of carbonyl (C=O) groups is 1. The van der Waals surface area contributed by atoms with Gasteiger partial charge in [-0.3, -0.25) is 15.0 Å². The molecule has 35 heavy (non-hydrogen) atoms. The van der Waals surface area contributed by atoms with E-state index in [0.29, 0.717) is 40.4 Å². The molecule has 11 heteroatoms. The summed E-state index contributed by atoms with van der Waals surface area (Å²) in [4.78, 5) is 33.9. The van der Waals surface area contributed by atoms with Crippen LogP contribution >= 0.6 is 11.6 Å². The van der Waals surface area contributed by atoms with E-state index in [1.165, 1.54) is 24.4 Å². The number of esters is 1. The molecule has 3 heterocycles. The molecule has 4 rings (SSSR count). The van der Waals surface area contributed by atoms with E-state index in [2.05, 4.69) is 35.6 Å². The second-order valence-corrected chi connectivity index (χ2v) is 7.80. The molecule has 9 nitrogen and oxygen atoms in total. The van der Waals surface area contributed by atoms with Crippen LogP contribution in [0.4, 0.5) is 21.8 Å². The molecule has 0 radical (unpaired) electrons. The number of rotatable bonds is 8. The van der Waals surface area contributed by atoms with E-state index in [4.69, 9.17) is 16.3 Å². The van der Waals surface area contributed by atoms with E-state index in [0.717, 1.165) is 5.69 Å². The van der Waals surface area contributed by atoms with Crippen molar-refractivity contribution in [1.82, 2.24) is 24.9 Å². The van der Waals surface area contributed by atoms with Crippen LogP contribution in [-0.2, 0) is 11.3 Å². The maximum atomic E-state index is 13.5. The van der Waals surface area contributed by atoms with Crippen LogP contribution in [0, 0.1) is 12.7 Å². The van der Waals surface area contributed by atoms with Crippen LogP contribution < -0.4 is 10.6 Å². The molecule has 1 aromatic carbocycles. The van der Waals surface area contributed by atoms with Gasteiger partial charge in [0.2, 0.25) is 5.95 Å². The van der Waals surface area contributed by atoms with Crippen LogP contribution in [0.15, 0.2) is 55.2 Å². The third kappa shape index (κ3) is 6.04. The van der Waals surface area contributed by atoms with E-state index >= 15 is 0 Å². The van der Waals surface area contributed by atoms with Gasteiger partial charge in [-0.2, -0.15) is 4.98 Å². The van der Waals surface area contributed by atoms with Crippen LogP contribution in [0.25, 0.3) is 11.1 Å². The normalized spacial score (nSPS) is 10.6. The molecular formula is C24H21ClFN7O2. The average Bonchev–Trinajstić information content (AvgIpc) is 2.86. The van der Waals surface area contributed by atoms with Crippen molar-refractivity contribution in [2.45, 2.75) is 20.4 Å². The molecular weight excluding hydrogens is 473 g/mol. The number of anilines is 3. The van der Waals surface area contributed by atoms with E-state index in [9.17, 15) is 9.18 Å². The number of pyridine rings is 1. The molecule has 0 saturated heterocycles. The number of aryl methyl sites for hydroxylation is 1. The van der Waals surface area contributed by atoms with Crippen molar-refractivity contribution in [2.24, 2.45) is 0 Å². The summed E-state index contributed by atoms with van der Waals surface area (Å²) in [7, 11) is 0. The first-order valence-corrected chi connectivity index (χ1v) is 11.0. The first-order valence-electron chi connectivity index (χ1n) is 10.7. The highest BCUT2D eigenvalue weighted by atomic mass is 35.5. The summed E-state index contributed by atoms with van der Waals surface area (Å²) >= 11 is 5.88. The Kier molecular flexibility index (Phi) is 7.41. The quantitative estimate of drug-likeness (QED) is 0.328. The molecule has 0 fully saturated rings. The molecule has 3 aromatic heterocycles. The lowest BCUT2D eigenvalue weighted by Gasteiger charge is -2.14. The van der Waals surface area contributed by atoms with Crippen molar-refractivity contribution in [3.8, 4) is 11.1 Å². The van der Waals surface area contributed by atoms with Gasteiger partial charge in [0.15, 0.2) is 0 Å². The summed E-state index contributed by atoms with van der Waals surface area (Å²) in [5.74, 6) is -0.285. The summed E-state index contributed by atoms with van der Waals surface area (Å²) < 4.78 is 18.6. The van der Waals surface area contributed by atoms with Gasteiger partial charge in [-0.05, 0) is 38.1 Å². The number of halogens is 2. The number of benzene rings is 1. The van der Waals surface area contributed by atoms with Crippen LogP contribution in [0.5, 0.6) is 0 Å². The highest BCUT2D eigenvalue weighted by Crippen LogP contribution is 2.29. The summed E-state index contributed by atoms with van der Waals surface area (Å²) in [5.41, 5.74) is 3.56. The Hall–Kier alpha value is -4.18. The third-order valence-corrected chi connectivity index (χ3v) is 5.09. The van der Waals surface area contributed by atoms with Crippen LogP contribution in [-0.4, -0.2) is 37.5 Å². The van der Waals surface area contributed by atoms with Crippen molar-refractivity contribution in [3.05, 3.63) is 83.0 Å². The summed E-state index contributed by atoms with van der Waals surface area (Å²) in [6.07, 6.45) is 7.98. The minimum absolute atomic E-state index is 0.0234. The predicted octanol–water partition coefficient (Wildman–Crippen LogP) is 4.96. The number of carbonyl (C=O) groups excluding carboxylic acids is 1. The van der Waals surface area contributed by atoms with Crippen molar-refractivity contribution in [1.29, 1.82) is 0 Å². The standard InChI is InChI=1S/C24H21ClFN7O2/c1-3-35-23(34)16-6-15(9-27-10-16)19-13-31-24(32-17-4-5-21(26)20(25)7-17)33-22(19)30-12-18-11-28-14(2)8-29-18/h4-11,13H,3,12H2,1-2H3,(H2,30,31,32,33). The van der Waals surface area contributed by atoms with Gasteiger partial charge in [0.25, 0.3) is 0 Å². The zero-order valence-corrected chi connectivity index (χ0v) is 19.7. The minimum atomic E-state index is -0.524. The lowest BCUT2D eigenvalue weighted by molar-refractivity contribution is 0.0526. The van der Waals surface area contributed by atoms with Gasteiger partial charge in [-0.15, -0.1) is 0 Å². The molecule has 0 bridgehead atoms. The Bertz CT molecular complexity index is 1350. The molecule has 0 aliphatic rings. The molecule has 178 valence electrons. The maximum Gasteiger partial charge on any atom is 0.339 e. The summed E-state index contributed by atoms with van der Waals surface area (Å²) in [6, 6.07) is 5.88. The first kappa shape index (κ1) is 24.0. The molecule has 0 amide bonds. The lowest BCUT2D eigenvalue weighted by atomic mass is 10.1. The maximum absolute atomic E-state index is 13.5. The van der Waals surface area contributed by atoms with E-state index < -0.39 is 11.8 Å². The van der Waals surface area contributed by atoms with E-state index in [1.54, 1.807) is 37.8 Å². The second-order valence-electron chi connectivity index (χ2n) is 7.40. The molecule has 0 atom stereocenters. The third-order valence-electron chi connectivity index (χ3n) is 4.80. The molecule has 0 aliphatic carbocycles. The van der Waals surface area contributed by atoms with Gasteiger partial charge in [-0.1, -0.05) is 11.6 Å². The Morgan fingerprint density at radius 1 is 1.09 bits per heavy atom. The molecule has 0 spiro atoms. The average molecular weight is 494 g/mol. The number of aromatic nitrogens is 5. The molecule has 2 N–H and O–H groups in total. The Morgan fingerprint density at radius 3 is 2.69 bits per heavy atom. The van der Waals surface area contributed by atoms with Crippen molar-refractivity contribution < 1.29 is 13.9 Å². The van der Waals surface area contributed by atoms with Crippen molar-refractivity contribution in [3.63, 3.8) is 0 Å². The zero-order valence-electron chi connectivity index (χ0n) is 18.9. The topological polar surface area (TPSA) is 115 Å². The fourth-order valence-corrected chi connectivity index (χ4v) is 3.27. The first-order chi connectivity index (χ1) is 16.9. The minimum Gasteiger partial charge on any atom is -0.462 e. The smallest absolute Gasteiger partial charge is 0.339 e. The molecule has 0 unspecified atom stereocenters. The van der Waals surface area contributed by atoms with Gasteiger partial charge in [0.1, 0.15) is 11.6 Å². The van der Waals surface area contributed by atoms with E-state index in [1.807, 2.05) is 6.92 Å². The van der Waals surface area contributed by atoms with Crippen LogP contribution in [0.2, 0.25) is 5.02 Å². The van der Waals surface area contributed by atoms with Gasteiger partial charge in [-0.25, -0.2) is 14.2 Å². The van der Waals surface area contributed by atoms with E-state index in [-0.39, 0.29) is 17.6 Å². The summed E-state index contributed by atoms with van der Waals surface area (Å²) in [5, 5.41) is 6.23. The monoisotopic (exact) mass is 493 g/mol. The van der Waals surface area contributed by atoms with Gasteiger partial charge in [0.05, 0.1) is 41.3 Å². The predicted molar refractivity (Wildman–Crippen MR) is 130 cm³/mol. The largest absolute Gasteiger partial charge is 0.462 e. The zero-order chi connectivity index (χ0) is 24.8. The Morgan fingerprint density at radius 2 is 1.94 bits per heavy atom. The number of hydrogen-bond acceptors (Lipinski definition) is 9. The fraction of sp³-hybridized carbons (Fsp3) is 0.167. The molecule has 0 aliphatic heterocycles. The highest BCUT2D eigenvalue weighted by Gasteiger charge is 2.14. The number of hydrogen-bond donors (Lipinski definition) is 2. The van der Waals surface area contributed by atoms with Gasteiger partial charge < -0.3 is 15.4 Å².